The van der Waals surface area contributed by atoms with Gasteiger partial charge >= 0.3 is 12.0 Å². The summed E-state index contributed by atoms with van der Waals surface area (Å²) in [5.74, 6) is 3.87. The van der Waals surface area contributed by atoms with Crippen LogP contribution in [0.25, 0.3) is 0 Å². The second-order valence-corrected chi connectivity index (χ2v) is 7.07. The topological polar surface area (TPSA) is 71.5 Å². The number of hydrogen-bond donors (Lipinski definition) is 1. The molecule has 2 atom stereocenters. The van der Waals surface area contributed by atoms with Crippen molar-refractivity contribution in [3.8, 4) is 0 Å². The summed E-state index contributed by atoms with van der Waals surface area (Å²) in [5, 5.41) is 2.76. The Labute approximate surface area is 141 Å². The maximum Gasteiger partial charge on any atom is 0.326 e. The third kappa shape index (κ3) is 3.05. The van der Waals surface area contributed by atoms with Crippen LogP contribution in [-0.2, 0) is 6.54 Å². The highest BCUT2D eigenvalue weighted by Gasteiger charge is 2.37. The van der Waals surface area contributed by atoms with E-state index in [1.54, 1.807) is 0 Å². The first kappa shape index (κ1) is 15.3. The fraction of sp³-hybridized carbons (Fsp3) is 0.556. The number of nitrogens with zero attached hydrogens (tertiary/aromatic N) is 2. The molecule has 0 unspecified atom stereocenters. The average molecular weight is 329 g/mol. The van der Waals surface area contributed by atoms with Crippen LogP contribution in [0.5, 0.6) is 0 Å². The molecule has 0 aliphatic heterocycles. The number of aryl methyl sites for hydroxylation is 2. The zero-order chi connectivity index (χ0) is 16.8. The Morgan fingerprint density at radius 3 is 2.67 bits per heavy atom. The van der Waals surface area contributed by atoms with Crippen molar-refractivity contribution in [1.82, 2.24) is 9.88 Å². The van der Waals surface area contributed by atoms with E-state index in [1.165, 1.54) is 6.42 Å². The Hall–Kier alpha value is -2.24. The molecule has 1 N–H and O–H groups in total. The summed E-state index contributed by atoms with van der Waals surface area (Å²) in [6.07, 6.45) is 3.26. The second-order valence-electron chi connectivity index (χ2n) is 7.07. The molecule has 2 amide bonds. The van der Waals surface area contributed by atoms with E-state index < -0.39 is 0 Å². The highest BCUT2D eigenvalue weighted by atomic mass is 16.4. The van der Waals surface area contributed by atoms with E-state index in [0.717, 1.165) is 35.8 Å². The molecule has 2 aromatic rings. The maximum atomic E-state index is 12.6. The minimum absolute atomic E-state index is 0.184. The van der Waals surface area contributed by atoms with Gasteiger partial charge in [-0.1, -0.05) is 6.92 Å². The molecule has 2 fully saturated rings. The normalized spacial score (nSPS) is 22.5. The van der Waals surface area contributed by atoms with E-state index in [2.05, 4.69) is 17.2 Å². The Balaban J connectivity index is 1.43. The lowest BCUT2D eigenvalue weighted by molar-refractivity contribution is 0.199. The number of oxazole rings is 1. The van der Waals surface area contributed by atoms with Gasteiger partial charge in [0.05, 0.1) is 12.2 Å². The summed E-state index contributed by atoms with van der Waals surface area (Å²) in [6.45, 7) is 6.41. The van der Waals surface area contributed by atoms with Crippen LogP contribution in [-0.4, -0.2) is 22.0 Å². The number of carbonyl (C=O) groups is 1. The molecule has 2 aliphatic carbocycles. The molecule has 0 bridgehead atoms. The number of hydrogen-bond acceptors (Lipinski definition) is 4. The van der Waals surface area contributed by atoms with Gasteiger partial charge in [-0.3, -0.25) is 5.32 Å². The van der Waals surface area contributed by atoms with Gasteiger partial charge in [0.2, 0.25) is 0 Å². The summed E-state index contributed by atoms with van der Waals surface area (Å²) in [6, 6.07) is 4.38. The molecule has 128 valence electrons. The Kier molecular flexibility index (Phi) is 3.62. The quantitative estimate of drug-likeness (QED) is 0.892. The average Bonchev–Trinajstić information content (AvgIpc) is 3.43. The lowest BCUT2D eigenvalue weighted by Crippen LogP contribution is -2.36. The van der Waals surface area contributed by atoms with Crippen LogP contribution >= 0.6 is 0 Å². The van der Waals surface area contributed by atoms with Crippen molar-refractivity contribution in [1.29, 1.82) is 0 Å². The van der Waals surface area contributed by atoms with Crippen molar-refractivity contribution in [2.24, 2.45) is 5.92 Å². The fourth-order valence-corrected chi connectivity index (χ4v) is 3.01. The van der Waals surface area contributed by atoms with Gasteiger partial charge in [0.1, 0.15) is 17.3 Å². The minimum atomic E-state index is -0.184. The molecule has 0 aromatic carbocycles. The van der Waals surface area contributed by atoms with E-state index in [0.29, 0.717) is 18.4 Å². The molecule has 2 aliphatic rings. The molecule has 24 heavy (non-hydrogen) atoms. The van der Waals surface area contributed by atoms with Crippen LogP contribution in [0, 0.1) is 19.8 Å². The highest BCUT2D eigenvalue weighted by Crippen LogP contribution is 2.47. The molecule has 0 spiro atoms. The van der Waals surface area contributed by atoms with Crippen LogP contribution in [0.2, 0.25) is 0 Å². The molecular weight excluding hydrogens is 306 g/mol. The van der Waals surface area contributed by atoms with Gasteiger partial charge < -0.3 is 13.7 Å². The van der Waals surface area contributed by atoms with Crippen molar-refractivity contribution in [2.75, 3.05) is 5.32 Å². The van der Waals surface area contributed by atoms with Crippen LogP contribution in [0.15, 0.2) is 21.0 Å². The third-order valence-electron chi connectivity index (χ3n) is 4.97. The predicted molar refractivity (Wildman–Crippen MR) is 88.8 cm³/mol. The van der Waals surface area contributed by atoms with Gasteiger partial charge in [-0.15, -0.1) is 0 Å². The van der Waals surface area contributed by atoms with Gasteiger partial charge in [-0.2, -0.15) is 4.98 Å². The Bertz CT molecular complexity index is 740. The SMILES string of the molecule is Cc1nc(NC(=O)N(Cc2ccc([C@@H]3C[C@@H]3C)o2)C2CC2)oc1C. The van der Waals surface area contributed by atoms with Crippen LogP contribution in [0.4, 0.5) is 10.8 Å². The van der Waals surface area contributed by atoms with Crippen LogP contribution < -0.4 is 5.32 Å². The first-order valence-corrected chi connectivity index (χ1v) is 8.61. The standard InChI is InChI=1S/C18H23N3O3/c1-10-8-15(10)16-7-6-14(24-16)9-21(13-4-5-13)18(22)20-17-19-11(2)12(3)23-17/h6-7,10,13,15H,4-5,8-9H2,1-3H3,(H,19,20,22)/t10-,15+/m0/s1. The summed E-state index contributed by atoms with van der Waals surface area (Å²) < 4.78 is 11.4. The Morgan fingerprint density at radius 2 is 2.08 bits per heavy atom. The lowest BCUT2D eigenvalue weighted by Gasteiger charge is -2.20. The smallest absolute Gasteiger partial charge is 0.326 e. The van der Waals surface area contributed by atoms with E-state index >= 15 is 0 Å². The third-order valence-corrected chi connectivity index (χ3v) is 4.97. The molecule has 2 aromatic heterocycles. The van der Waals surface area contributed by atoms with Crippen LogP contribution in [0.1, 0.15) is 55.1 Å². The van der Waals surface area contributed by atoms with Crippen molar-refractivity contribution in [3.63, 3.8) is 0 Å². The van der Waals surface area contributed by atoms with E-state index in [9.17, 15) is 4.79 Å². The number of amides is 2. The number of aromatic nitrogens is 1. The fourth-order valence-electron chi connectivity index (χ4n) is 3.01. The molecular formula is C18H23N3O3. The molecule has 0 saturated heterocycles. The largest absolute Gasteiger partial charge is 0.464 e. The van der Waals surface area contributed by atoms with Crippen molar-refractivity contribution >= 4 is 12.0 Å². The molecule has 2 saturated carbocycles. The number of nitrogens with one attached hydrogen (secondary N) is 1. The summed E-state index contributed by atoms with van der Waals surface area (Å²) in [5.41, 5.74) is 0.789. The predicted octanol–water partition coefficient (Wildman–Crippen LogP) is 4.20. The number of urea groups is 1. The lowest BCUT2D eigenvalue weighted by atomic mass is 10.3. The van der Waals surface area contributed by atoms with Crippen molar-refractivity contribution < 1.29 is 13.6 Å². The highest BCUT2D eigenvalue weighted by molar-refractivity contribution is 5.87. The zero-order valence-corrected chi connectivity index (χ0v) is 14.3. The molecule has 4 rings (SSSR count). The van der Waals surface area contributed by atoms with Crippen molar-refractivity contribution in [3.05, 3.63) is 35.1 Å². The minimum Gasteiger partial charge on any atom is -0.464 e. The van der Waals surface area contributed by atoms with E-state index in [-0.39, 0.29) is 18.1 Å². The van der Waals surface area contributed by atoms with Crippen LogP contribution in [0.3, 0.4) is 0 Å². The molecule has 6 nitrogen and oxygen atoms in total. The number of carbonyl (C=O) groups excluding carboxylic acids is 1. The van der Waals surface area contributed by atoms with Crippen molar-refractivity contribution in [2.45, 2.75) is 58.5 Å². The molecule has 2 heterocycles. The molecule has 6 heteroatoms. The van der Waals surface area contributed by atoms with E-state index in [4.69, 9.17) is 8.83 Å². The summed E-state index contributed by atoms with van der Waals surface area (Å²) in [4.78, 5) is 18.6. The summed E-state index contributed by atoms with van der Waals surface area (Å²) >= 11 is 0. The Morgan fingerprint density at radius 1 is 1.33 bits per heavy atom. The maximum absolute atomic E-state index is 12.6. The molecule has 0 radical (unpaired) electrons. The zero-order valence-electron chi connectivity index (χ0n) is 14.3. The first-order chi connectivity index (χ1) is 11.5. The van der Waals surface area contributed by atoms with Gasteiger partial charge in [-0.05, 0) is 51.2 Å². The number of furan rings is 1. The van der Waals surface area contributed by atoms with Gasteiger partial charge in [0, 0.05) is 12.0 Å². The summed E-state index contributed by atoms with van der Waals surface area (Å²) in [7, 11) is 0. The first-order valence-electron chi connectivity index (χ1n) is 8.61. The van der Waals surface area contributed by atoms with Gasteiger partial charge in [0.25, 0.3) is 0 Å². The van der Waals surface area contributed by atoms with E-state index in [1.807, 2.05) is 30.9 Å². The van der Waals surface area contributed by atoms with Gasteiger partial charge in [0.15, 0.2) is 0 Å². The second kappa shape index (κ2) is 5.69. The number of anilines is 1. The van der Waals surface area contributed by atoms with Gasteiger partial charge in [-0.25, -0.2) is 4.79 Å². The monoisotopic (exact) mass is 329 g/mol. The number of rotatable bonds is 5.